The van der Waals surface area contributed by atoms with Gasteiger partial charge >= 0.3 is 0 Å². The quantitative estimate of drug-likeness (QED) is 0.821. The van der Waals surface area contributed by atoms with E-state index < -0.39 is 0 Å². The van der Waals surface area contributed by atoms with Gasteiger partial charge in [0.05, 0.1) is 12.0 Å². The Morgan fingerprint density at radius 1 is 1.44 bits per heavy atom. The molecule has 1 fully saturated rings. The van der Waals surface area contributed by atoms with Gasteiger partial charge in [-0.15, -0.1) is 0 Å². The summed E-state index contributed by atoms with van der Waals surface area (Å²) in [4.78, 5) is 18.0. The van der Waals surface area contributed by atoms with E-state index in [-0.39, 0.29) is 5.92 Å². The Morgan fingerprint density at radius 2 is 2.11 bits per heavy atom. The molecule has 1 saturated heterocycles. The van der Waals surface area contributed by atoms with Crippen LogP contribution in [0, 0.1) is 5.92 Å². The van der Waals surface area contributed by atoms with Crippen LogP contribution in [0.4, 0.5) is 0 Å². The van der Waals surface area contributed by atoms with Crippen molar-refractivity contribution in [1.82, 2.24) is 14.5 Å². The zero-order valence-electron chi connectivity index (χ0n) is 11.6. The fraction of sp³-hybridized carbons (Fsp3) is 0.714. The Bertz CT molecular complexity index is 403. The number of Topliss-reactive ketones (excluding diaryl/α,β-unsaturated/α-hetero) is 1. The number of carbonyl (C=O) groups is 1. The van der Waals surface area contributed by atoms with Gasteiger partial charge in [0.1, 0.15) is 5.78 Å². The topological polar surface area (TPSA) is 38.1 Å². The van der Waals surface area contributed by atoms with Gasteiger partial charge in [-0.05, 0) is 46.7 Å². The third-order valence-corrected chi connectivity index (χ3v) is 3.85. The van der Waals surface area contributed by atoms with E-state index in [0.717, 1.165) is 32.5 Å². The smallest absolute Gasteiger partial charge is 0.133 e. The van der Waals surface area contributed by atoms with E-state index in [1.807, 2.05) is 12.5 Å². The highest BCUT2D eigenvalue weighted by molar-refractivity contribution is 5.78. The number of hydrogen-bond acceptors (Lipinski definition) is 3. The number of carbonyl (C=O) groups excluding carboxylic acids is 1. The summed E-state index contributed by atoms with van der Waals surface area (Å²) in [7, 11) is 0. The summed E-state index contributed by atoms with van der Waals surface area (Å²) in [6.07, 6.45) is 5.87. The predicted molar refractivity (Wildman–Crippen MR) is 71.3 cm³/mol. The molecule has 4 heteroatoms. The molecule has 1 aromatic heterocycles. The van der Waals surface area contributed by atoms with Crippen LogP contribution < -0.4 is 0 Å². The van der Waals surface area contributed by atoms with Crippen molar-refractivity contribution in [3.8, 4) is 0 Å². The van der Waals surface area contributed by atoms with Crippen molar-refractivity contribution < 1.29 is 4.79 Å². The van der Waals surface area contributed by atoms with Gasteiger partial charge in [0.25, 0.3) is 0 Å². The van der Waals surface area contributed by atoms with Crippen LogP contribution in [0.3, 0.4) is 0 Å². The second kappa shape index (κ2) is 5.65. The summed E-state index contributed by atoms with van der Waals surface area (Å²) < 4.78 is 2.22. The van der Waals surface area contributed by atoms with Crippen molar-refractivity contribution >= 4 is 5.78 Å². The molecule has 1 aromatic rings. The average Bonchev–Trinajstić information content (AvgIpc) is 2.78. The molecule has 1 aliphatic heterocycles. The van der Waals surface area contributed by atoms with Crippen molar-refractivity contribution in [2.24, 2.45) is 5.92 Å². The van der Waals surface area contributed by atoms with Gasteiger partial charge < -0.3 is 4.57 Å². The van der Waals surface area contributed by atoms with E-state index in [9.17, 15) is 4.79 Å². The lowest BCUT2D eigenvalue weighted by atomic mass is 9.93. The minimum absolute atomic E-state index is 0.288. The van der Waals surface area contributed by atoms with Gasteiger partial charge in [-0.3, -0.25) is 9.69 Å². The molecule has 0 N–H and O–H groups in total. The first kappa shape index (κ1) is 13.3. The van der Waals surface area contributed by atoms with Gasteiger partial charge in [0.15, 0.2) is 0 Å². The maximum atomic E-state index is 11.3. The zero-order chi connectivity index (χ0) is 13.1. The van der Waals surface area contributed by atoms with E-state index >= 15 is 0 Å². The summed E-state index contributed by atoms with van der Waals surface area (Å²) in [5.74, 6) is 0.637. The van der Waals surface area contributed by atoms with Crippen LogP contribution >= 0.6 is 0 Å². The number of hydrogen-bond donors (Lipinski definition) is 0. The lowest BCUT2D eigenvalue weighted by molar-refractivity contribution is -0.122. The predicted octanol–water partition coefficient (Wildman–Crippen LogP) is 2.27. The van der Waals surface area contributed by atoms with Gasteiger partial charge in [0.2, 0.25) is 0 Å². The number of likely N-dealkylation sites (tertiary alicyclic amines) is 1. The highest BCUT2D eigenvalue weighted by atomic mass is 16.1. The summed E-state index contributed by atoms with van der Waals surface area (Å²) in [6, 6.07) is 0.456. The van der Waals surface area contributed by atoms with Crippen molar-refractivity contribution in [2.45, 2.75) is 46.2 Å². The summed E-state index contributed by atoms with van der Waals surface area (Å²) in [6.45, 7) is 9.05. The van der Waals surface area contributed by atoms with E-state index in [1.165, 1.54) is 5.69 Å². The minimum Gasteiger partial charge on any atom is -0.331 e. The summed E-state index contributed by atoms with van der Waals surface area (Å²) in [5, 5.41) is 0. The highest BCUT2D eigenvalue weighted by Gasteiger charge is 2.22. The molecule has 18 heavy (non-hydrogen) atoms. The molecule has 0 radical (unpaired) electrons. The molecule has 2 rings (SSSR count). The third kappa shape index (κ3) is 2.99. The largest absolute Gasteiger partial charge is 0.331 e. The second-order valence-corrected chi connectivity index (χ2v) is 5.55. The number of ketones is 1. The van der Waals surface area contributed by atoms with Crippen molar-refractivity contribution in [3.05, 3.63) is 18.2 Å². The van der Waals surface area contributed by atoms with Crippen LogP contribution in [0.2, 0.25) is 0 Å². The zero-order valence-corrected chi connectivity index (χ0v) is 11.6. The molecule has 1 aliphatic rings. The van der Waals surface area contributed by atoms with E-state index in [4.69, 9.17) is 0 Å². The van der Waals surface area contributed by atoms with E-state index in [0.29, 0.717) is 11.8 Å². The van der Waals surface area contributed by atoms with E-state index in [2.05, 4.69) is 28.3 Å². The van der Waals surface area contributed by atoms with Gasteiger partial charge in [-0.2, -0.15) is 0 Å². The van der Waals surface area contributed by atoms with Crippen LogP contribution in [0.5, 0.6) is 0 Å². The molecule has 0 bridgehead atoms. The normalized spacial score (nSPS) is 18.4. The first-order valence-electron chi connectivity index (χ1n) is 6.81. The molecule has 0 amide bonds. The maximum Gasteiger partial charge on any atom is 0.133 e. The van der Waals surface area contributed by atoms with Crippen LogP contribution in [0.1, 0.15) is 45.3 Å². The van der Waals surface area contributed by atoms with Crippen molar-refractivity contribution in [3.63, 3.8) is 0 Å². The molecule has 0 unspecified atom stereocenters. The molecule has 0 atom stereocenters. The summed E-state index contributed by atoms with van der Waals surface area (Å²) in [5.41, 5.74) is 1.27. The Hall–Kier alpha value is -1.16. The lowest BCUT2D eigenvalue weighted by Crippen LogP contribution is -2.35. The number of rotatable bonds is 4. The Morgan fingerprint density at radius 3 is 2.67 bits per heavy atom. The summed E-state index contributed by atoms with van der Waals surface area (Å²) >= 11 is 0. The third-order valence-electron chi connectivity index (χ3n) is 3.85. The second-order valence-electron chi connectivity index (χ2n) is 5.55. The van der Waals surface area contributed by atoms with Crippen LogP contribution in [-0.2, 0) is 11.3 Å². The van der Waals surface area contributed by atoms with Gasteiger partial charge in [-0.25, -0.2) is 4.98 Å². The molecule has 0 aliphatic carbocycles. The highest BCUT2D eigenvalue weighted by Crippen LogP contribution is 2.20. The molecule has 0 aromatic carbocycles. The number of nitrogens with zero attached hydrogens (tertiary/aromatic N) is 3. The Balaban J connectivity index is 1.91. The first-order valence-corrected chi connectivity index (χ1v) is 6.81. The first-order chi connectivity index (χ1) is 8.58. The van der Waals surface area contributed by atoms with Crippen LogP contribution in [-0.4, -0.2) is 33.3 Å². The average molecular weight is 249 g/mol. The maximum absolute atomic E-state index is 11.3. The monoisotopic (exact) mass is 249 g/mol. The molecule has 0 spiro atoms. The number of piperidine rings is 1. The fourth-order valence-electron chi connectivity index (χ4n) is 2.65. The van der Waals surface area contributed by atoms with Crippen molar-refractivity contribution in [2.75, 3.05) is 13.1 Å². The number of aromatic nitrogens is 2. The molecule has 4 nitrogen and oxygen atoms in total. The van der Waals surface area contributed by atoms with Crippen LogP contribution in [0.15, 0.2) is 12.5 Å². The molecule has 100 valence electrons. The van der Waals surface area contributed by atoms with Crippen molar-refractivity contribution in [1.29, 1.82) is 0 Å². The Labute approximate surface area is 109 Å². The SMILES string of the molecule is CC(=O)C1CCN(Cc2cncn2C(C)C)CC1. The van der Waals surface area contributed by atoms with Crippen LogP contribution in [0.25, 0.3) is 0 Å². The molecular weight excluding hydrogens is 226 g/mol. The Kier molecular flexibility index (Phi) is 4.17. The standard InChI is InChI=1S/C14H23N3O/c1-11(2)17-10-15-8-14(17)9-16-6-4-13(5-7-16)12(3)18/h8,10-11,13H,4-7,9H2,1-3H3. The number of imidazole rings is 1. The fourth-order valence-corrected chi connectivity index (χ4v) is 2.65. The lowest BCUT2D eigenvalue weighted by Gasteiger charge is -2.31. The minimum atomic E-state index is 0.288. The van der Waals surface area contributed by atoms with Gasteiger partial charge in [-0.1, -0.05) is 0 Å². The molecular formula is C14H23N3O. The molecule has 0 saturated carbocycles. The molecule has 2 heterocycles. The van der Waals surface area contributed by atoms with E-state index in [1.54, 1.807) is 6.92 Å². The van der Waals surface area contributed by atoms with Gasteiger partial charge in [0, 0.05) is 24.7 Å².